The van der Waals surface area contributed by atoms with E-state index in [-0.39, 0.29) is 0 Å². The van der Waals surface area contributed by atoms with Crippen LogP contribution >= 0.6 is 0 Å². The molecule has 1 aliphatic heterocycles. The average molecular weight is 283 g/mol. The number of likely N-dealkylation sites (N-methyl/N-ethyl adjacent to an activating group) is 1. The summed E-state index contributed by atoms with van der Waals surface area (Å²) in [6.07, 6.45) is 1.01. The Morgan fingerprint density at radius 3 is 2.62 bits per heavy atom. The highest BCUT2D eigenvalue weighted by molar-refractivity contribution is 5.42. The van der Waals surface area contributed by atoms with Crippen LogP contribution in [0.15, 0.2) is 24.3 Å². The summed E-state index contributed by atoms with van der Waals surface area (Å²) in [6, 6.07) is 8.96. The second-order valence-electron chi connectivity index (χ2n) is 5.59. The molecule has 3 rings (SSSR count). The molecule has 1 aliphatic rings. The Balaban J connectivity index is 1.96. The highest BCUT2D eigenvalue weighted by Gasteiger charge is 2.27. The lowest BCUT2D eigenvalue weighted by molar-refractivity contribution is 0.514. The second-order valence-corrected chi connectivity index (χ2v) is 5.59. The zero-order chi connectivity index (χ0) is 14.8. The van der Waals surface area contributed by atoms with Crippen molar-refractivity contribution in [2.75, 3.05) is 18.5 Å². The largest absolute Gasteiger partial charge is 0.331 e. The maximum Gasteiger partial charge on any atom is 0.246 e. The Hall–Kier alpha value is -2.01. The molecule has 1 N–H and O–H groups in total. The summed E-state index contributed by atoms with van der Waals surface area (Å²) >= 11 is 0. The Morgan fingerprint density at radius 2 is 1.90 bits per heavy atom. The molecule has 2 heterocycles. The van der Waals surface area contributed by atoms with E-state index in [1.807, 2.05) is 20.9 Å². The zero-order valence-electron chi connectivity index (χ0n) is 12.8. The minimum Gasteiger partial charge on any atom is -0.331 e. The molecule has 110 valence electrons. The molecule has 1 aromatic carbocycles. The number of aromatic nitrogens is 3. The maximum atomic E-state index is 4.63. The third-order valence-corrected chi connectivity index (χ3v) is 4.13. The highest BCUT2D eigenvalue weighted by atomic mass is 15.3. The second kappa shape index (κ2) is 5.77. The fourth-order valence-electron chi connectivity index (χ4n) is 2.81. The summed E-state index contributed by atoms with van der Waals surface area (Å²) in [5.74, 6) is 0.729. The summed E-state index contributed by atoms with van der Waals surface area (Å²) in [5.41, 5.74) is 4.61. The Labute approximate surface area is 125 Å². The van der Waals surface area contributed by atoms with E-state index in [0.717, 1.165) is 36.8 Å². The molecule has 0 bridgehead atoms. The predicted molar refractivity (Wildman–Crippen MR) is 83.3 cm³/mol. The van der Waals surface area contributed by atoms with Crippen LogP contribution in [-0.2, 0) is 13.0 Å². The number of nitrogens with zero attached hydrogens (tertiary/aromatic N) is 4. The quantitative estimate of drug-likeness (QED) is 0.928. The van der Waals surface area contributed by atoms with E-state index in [2.05, 4.69) is 49.7 Å². The van der Waals surface area contributed by atoms with Crippen molar-refractivity contribution in [1.82, 2.24) is 20.5 Å². The van der Waals surface area contributed by atoms with Crippen molar-refractivity contribution >= 4 is 5.95 Å². The number of hydrogen-bond donors (Lipinski definition) is 1. The van der Waals surface area contributed by atoms with E-state index in [1.54, 1.807) is 0 Å². The first-order valence-electron chi connectivity index (χ1n) is 7.35. The van der Waals surface area contributed by atoms with Gasteiger partial charge in [0, 0.05) is 19.1 Å². The number of rotatable bonds is 3. The van der Waals surface area contributed by atoms with E-state index >= 15 is 0 Å². The molecule has 21 heavy (non-hydrogen) atoms. The number of hydrogen-bond acceptors (Lipinski definition) is 5. The Bertz CT molecular complexity index is 640. The molecule has 1 unspecified atom stereocenters. The van der Waals surface area contributed by atoms with Crippen LogP contribution in [0.5, 0.6) is 0 Å². The van der Waals surface area contributed by atoms with Crippen molar-refractivity contribution in [3.63, 3.8) is 0 Å². The highest BCUT2D eigenvalue weighted by Crippen LogP contribution is 2.26. The molecule has 0 spiro atoms. The normalized spacial score (nSPS) is 17.7. The molecule has 2 aromatic rings. The van der Waals surface area contributed by atoms with Crippen LogP contribution in [0.1, 0.15) is 22.5 Å². The smallest absolute Gasteiger partial charge is 0.246 e. The lowest BCUT2D eigenvalue weighted by atomic mass is 9.94. The van der Waals surface area contributed by atoms with Crippen molar-refractivity contribution in [3.05, 3.63) is 46.8 Å². The first kappa shape index (κ1) is 13.9. The SMILES string of the molecule is CNCC1Cc2ccccc2CN1c1nnc(C)c(C)n1. The van der Waals surface area contributed by atoms with Gasteiger partial charge in [0.15, 0.2) is 0 Å². The van der Waals surface area contributed by atoms with Gasteiger partial charge in [-0.15, -0.1) is 5.10 Å². The fraction of sp³-hybridized carbons (Fsp3) is 0.438. The summed E-state index contributed by atoms with van der Waals surface area (Å²) in [6.45, 7) is 5.67. The third kappa shape index (κ3) is 2.74. The number of anilines is 1. The third-order valence-electron chi connectivity index (χ3n) is 4.13. The van der Waals surface area contributed by atoms with Crippen LogP contribution in [0.4, 0.5) is 5.95 Å². The molecular weight excluding hydrogens is 262 g/mol. The molecule has 0 saturated heterocycles. The summed E-state index contributed by atoms with van der Waals surface area (Å²) in [7, 11) is 1.98. The summed E-state index contributed by atoms with van der Waals surface area (Å²) in [4.78, 5) is 6.89. The van der Waals surface area contributed by atoms with Crippen molar-refractivity contribution in [1.29, 1.82) is 0 Å². The van der Waals surface area contributed by atoms with Crippen LogP contribution in [0.3, 0.4) is 0 Å². The first-order valence-corrected chi connectivity index (χ1v) is 7.35. The number of fused-ring (bicyclic) bond motifs is 1. The molecule has 1 aromatic heterocycles. The Kier molecular flexibility index (Phi) is 3.84. The molecule has 5 heteroatoms. The van der Waals surface area contributed by atoms with E-state index in [0.29, 0.717) is 6.04 Å². The van der Waals surface area contributed by atoms with Crippen LogP contribution < -0.4 is 10.2 Å². The molecule has 0 aliphatic carbocycles. The molecular formula is C16H21N5. The van der Waals surface area contributed by atoms with Gasteiger partial charge in [-0.2, -0.15) is 5.10 Å². The van der Waals surface area contributed by atoms with E-state index in [4.69, 9.17) is 0 Å². The van der Waals surface area contributed by atoms with Gasteiger partial charge in [0.1, 0.15) is 0 Å². The molecule has 0 fully saturated rings. The van der Waals surface area contributed by atoms with Gasteiger partial charge < -0.3 is 10.2 Å². The van der Waals surface area contributed by atoms with Gasteiger partial charge in [0.05, 0.1) is 11.4 Å². The average Bonchev–Trinajstić information content (AvgIpc) is 2.50. The molecule has 5 nitrogen and oxygen atoms in total. The minimum absolute atomic E-state index is 0.355. The maximum absolute atomic E-state index is 4.63. The van der Waals surface area contributed by atoms with E-state index in [1.165, 1.54) is 11.1 Å². The van der Waals surface area contributed by atoms with Gasteiger partial charge in [-0.3, -0.25) is 0 Å². The Morgan fingerprint density at radius 1 is 1.14 bits per heavy atom. The standard InChI is InChI=1S/C16H21N5/c1-11-12(2)19-20-16(18-11)21-10-14-7-5-4-6-13(14)8-15(21)9-17-3/h4-7,15,17H,8-10H2,1-3H3. The van der Waals surface area contributed by atoms with Gasteiger partial charge in [-0.25, -0.2) is 4.98 Å². The first-order chi connectivity index (χ1) is 10.2. The number of nitrogens with one attached hydrogen (secondary N) is 1. The van der Waals surface area contributed by atoms with Crippen LogP contribution in [0, 0.1) is 13.8 Å². The summed E-state index contributed by atoms with van der Waals surface area (Å²) < 4.78 is 0. The summed E-state index contributed by atoms with van der Waals surface area (Å²) in [5, 5.41) is 11.8. The van der Waals surface area contributed by atoms with Crippen LogP contribution in [0.25, 0.3) is 0 Å². The lowest BCUT2D eigenvalue weighted by Crippen LogP contribution is -2.46. The lowest BCUT2D eigenvalue weighted by Gasteiger charge is -2.36. The number of aryl methyl sites for hydroxylation is 2. The van der Waals surface area contributed by atoms with Crippen molar-refractivity contribution < 1.29 is 0 Å². The van der Waals surface area contributed by atoms with Gasteiger partial charge in [-0.05, 0) is 38.4 Å². The molecule has 0 radical (unpaired) electrons. The topological polar surface area (TPSA) is 53.9 Å². The van der Waals surface area contributed by atoms with E-state index < -0.39 is 0 Å². The monoisotopic (exact) mass is 283 g/mol. The van der Waals surface area contributed by atoms with Crippen molar-refractivity contribution in [2.45, 2.75) is 32.9 Å². The van der Waals surface area contributed by atoms with Gasteiger partial charge >= 0.3 is 0 Å². The van der Waals surface area contributed by atoms with Gasteiger partial charge in [0.25, 0.3) is 0 Å². The molecule has 0 amide bonds. The molecule has 1 atom stereocenters. The predicted octanol–water partition coefficient (Wildman–Crippen LogP) is 1.64. The number of benzene rings is 1. The van der Waals surface area contributed by atoms with Crippen LogP contribution in [0.2, 0.25) is 0 Å². The molecule has 0 saturated carbocycles. The van der Waals surface area contributed by atoms with Crippen LogP contribution in [-0.4, -0.2) is 34.8 Å². The zero-order valence-corrected chi connectivity index (χ0v) is 12.8. The van der Waals surface area contributed by atoms with Crippen molar-refractivity contribution in [3.8, 4) is 0 Å². The van der Waals surface area contributed by atoms with Gasteiger partial charge in [0.2, 0.25) is 5.95 Å². The fourth-order valence-corrected chi connectivity index (χ4v) is 2.81. The van der Waals surface area contributed by atoms with Crippen molar-refractivity contribution in [2.24, 2.45) is 0 Å². The van der Waals surface area contributed by atoms with E-state index in [9.17, 15) is 0 Å². The minimum atomic E-state index is 0.355. The van der Waals surface area contributed by atoms with Gasteiger partial charge in [-0.1, -0.05) is 24.3 Å².